The Balaban J connectivity index is 3.17. The molecule has 1 rings (SSSR count). The summed E-state index contributed by atoms with van der Waals surface area (Å²) in [6.07, 6.45) is 0.0472. The number of nitrogens with one attached hydrogen (secondary N) is 1. The second-order valence-corrected chi connectivity index (χ2v) is 6.42. The molecule has 1 aromatic heterocycles. The van der Waals surface area contributed by atoms with Crippen LogP contribution < -0.4 is 5.32 Å². The van der Waals surface area contributed by atoms with E-state index in [9.17, 15) is 0 Å². The topological polar surface area (TPSA) is 52.0 Å². The molecule has 6 heteroatoms. The molecule has 19 heavy (non-hydrogen) atoms. The third-order valence-corrected chi connectivity index (χ3v) is 3.61. The Morgan fingerprint density at radius 1 is 1.37 bits per heavy atom. The summed E-state index contributed by atoms with van der Waals surface area (Å²) in [6, 6.07) is 0.0549. The Labute approximate surface area is 124 Å². The zero-order valence-corrected chi connectivity index (χ0v) is 14.3. The van der Waals surface area contributed by atoms with E-state index in [1.807, 2.05) is 14.0 Å². The number of hydrogen-bond acceptors (Lipinski definition) is 4. The molecule has 0 aliphatic carbocycles. The predicted molar refractivity (Wildman–Crippen MR) is 80.0 cm³/mol. The number of hydrogen-bond donors (Lipinski definition) is 1. The minimum atomic E-state index is 0.0204. The van der Waals surface area contributed by atoms with Gasteiger partial charge in [-0.05, 0) is 34.8 Å². The first-order chi connectivity index (χ1) is 8.82. The second-order valence-electron chi connectivity index (χ2n) is 5.67. The molecule has 0 fully saturated rings. The van der Waals surface area contributed by atoms with Gasteiger partial charge in [0.25, 0.3) is 0 Å². The van der Waals surface area contributed by atoms with Crippen molar-refractivity contribution >= 4 is 15.9 Å². The van der Waals surface area contributed by atoms with Crippen molar-refractivity contribution < 1.29 is 4.74 Å². The third kappa shape index (κ3) is 4.00. The van der Waals surface area contributed by atoms with Gasteiger partial charge in [-0.25, -0.2) is 4.68 Å². The van der Waals surface area contributed by atoms with Crippen molar-refractivity contribution in [3.05, 3.63) is 10.3 Å². The summed E-state index contributed by atoms with van der Waals surface area (Å²) in [5, 5.41) is 11.6. The Hall–Kier alpha value is -0.460. The Morgan fingerprint density at radius 3 is 2.37 bits per heavy atom. The van der Waals surface area contributed by atoms with Gasteiger partial charge in [0.2, 0.25) is 0 Å². The van der Waals surface area contributed by atoms with Crippen LogP contribution in [-0.2, 0) is 11.8 Å². The van der Waals surface area contributed by atoms with Gasteiger partial charge in [0, 0.05) is 13.7 Å². The molecule has 2 atom stereocenters. The highest BCUT2D eigenvalue weighted by atomic mass is 79.9. The van der Waals surface area contributed by atoms with Crippen molar-refractivity contribution in [3.8, 4) is 0 Å². The molecule has 0 spiro atoms. The van der Waals surface area contributed by atoms with Gasteiger partial charge in [-0.15, -0.1) is 5.10 Å². The van der Waals surface area contributed by atoms with Gasteiger partial charge < -0.3 is 10.1 Å². The maximum Gasteiger partial charge on any atom is 0.153 e. The Morgan fingerprint density at radius 2 is 2.00 bits per heavy atom. The molecule has 0 saturated carbocycles. The monoisotopic (exact) mass is 332 g/mol. The lowest BCUT2D eigenvalue weighted by Crippen LogP contribution is -2.43. The van der Waals surface area contributed by atoms with E-state index in [4.69, 9.17) is 4.74 Å². The molecule has 0 aliphatic heterocycles. The van der Waals surface area contributed by atoms with Crippen LogP contribution in [0.4, 0.5) is 0 Å². The van der Waals surface area contributed by atoms with Crippen LogP contribution in [0.15, 0.2) is 4.60 Å². The summed E-state index contributed by atoms with van der Waals surface area (Å²) in [7, 11) is 1.91. The zero-order chi connectivity index (χ0) is 14.6. The largest absolute Gasteiger partial charge is 0.376 e. The summed E-state index contributed by atoms with van der Waals surface area (Å²) in [5.74, 6) is 0. The number of ether oxygens (including phenoxy) is 1. The fraction of sp³-hybridized carbons (Fsp3) is 0.846. The first-order valence-corrected chi connectivity index (χ1v) is 7.52. The lowest BCUT2D eigenvalue weighted by molar-refractivity contribution is -0.0380. The van der Waals surface area contributed by atoms with E-state index in [0.717, 1.165) is 16.8 Å². The van der Waals surface area contributed by atoms with Crippen molar-refractivity contribution in [1.29, 1.82) is 0 Å². The van der Waals surface area contributed by atoms with Crippen LogP contribution in [0.3, 0.4) is 0 Å². The van der Waals surface area contributed by atoms with Crippen LogP contribution in [0.5, 0.6) is 0 Å². The first kappa shape index (κ1) is 16.6. The number of aromatic nitrogens is 3. The van der Waals surface area contributed by atoms with Crippen molar-refractivity contribution in [2.24, 2.45) is 12.5 Å². The van der Waals surface area contributed by atoms with E-state index in [0.29, 0.717) is 6.61 Å². The minimum absolute atomic E-state index is 0.0204. The van der Waals surface area contributed by atoms with Crippen molar-refractivity contribution in [2.75, 3.05) is 13.2 Å². The van der Waals surface area contributed by atoms with E-state index < -0.39 is 0 Å². The van der Waals surface area contributed by atoms with Gasteiger partial charge in [0.1, 0.15) is 0 Å². The minimum Gasteiger partial charge on any atom is -0.376 e. The number of nitrogens with zero attached hydrogens (tertiary/aromatic N) is 3. The van der Waals surface area contributed by atoms with Crippen LogP contribution in [-0.4, -0.2) is 34.2 Å². The van der Waals surface area contributed by atoms with Crippen LogP contribution in [0.25, 0.3) is 0 Å². The van der Waals surface area contributed by atoms with Crippen LogP contribution in [0.1, 0.15) is 46.4 Å². The van der Waals surface area contributed by atoms with Crippen molar-refractivity contribution in [1.82, 2.24) is 20.3 Å². The summed E-state index contributed by atoms with van der Waals surface area (Å²) in [5.41, 5.74) is 1.04. The lowest BCUT2D eigenvalue weighted by atomic mass is 9.83. The molecule has 110 valence electrons. The average Bonchev–Trinajstić information content (AvgIpc) is 2.62. The maximum absolute atomic E-state index is 6.00. The summed E-state index contributed by atoms with van der Waals surface area (Å²) in [6.45, 7) is 12.2. The van der Waals surface area contributed by atoms with E-state index in [2.05, 4.69) is 59.3 Å². The quantitative estimate of drug-likeness (QED) is 0.870. The normalized spacial score (nSPS) is 15.5. The highest BCUT2D eigenvalue weighted by Crippen LogP contribution is 2.34. The number of halogens is 1. The molecule has 0 amide bonds. The zero-order valence-electron chi connectivity index (χ0n) is 12.7. The molecule has 0 saturated heterocycles. The second kappa shape index (κ2) is 6.81. The molecule has 1 aromatic rings. The van der Waals surface area contributed by atoms with E-state index in [1.165, 1.54) is 0 Å². The SMILES string of the molecule is CCNC(c1c(Br)nnn1C)C(OCC)C(C)(C)C. The molecule has 0 bridgehead atoms. The van der Waals surface area contributed by atoms with Gasteiger partial charge in [-0.1, -0.05) is 32.9 Å². The van der Waals surface area contributed by atoms with Gasteiger partial charge in [-0.3, -0.25) is 0 Å². The van der Waals surface area contributed by atoms with E-state index in [1.54, 1.807) is 4.68 Å². The molecule has 1 heterocycles. The summed E-state index contributed by atoms with van der Waals surface area (Å²) < 4.78 is 8.58. The molecule has 5 nitrogen and oxygen atoms in total. The average molecular weight is 333 g/mol. The number of rotatable bonds is 6. The lowest BCUT2D eigenvalue weighted by Gasteiger charge is -2.37. The van der Waals surface area contributed by atoms with Crippen LogP contribution >= 0.6 is 15.9 Å². The first-order valence-electron chi connectivity index (χ1n) is 6.72. The summed E-state index contributed by atoms with van der Waals surface area (Å²) in [4.78, 5) is 0. The fourth-order valence-electron chi connectivity index (χ4n) is 2.26. The van der Waals surface area contributed by atoms with Gasteiger partial charge in [0.05, 0.1) is 17.8 Å². The molecule has 0 aliphatic rings. The number of aryl methyl sites for hydroxylation is 1. The predicted octanol–water partition coefficient (Wildman–Crippen LogP) is 2.68. The molecule has 0 radical (unpaired) electrons. The van der Waals surface area contributed by atoms with Gasteiger partial charge in [-0.2, -0.15) is 0 Å². The van der Waals surface area contributed by atoms with Crippen LogP contribution in [0, 0.1) is 5.41 Å². The summed E-state index contributed by atoms with van der Waals surface area (Å²) >= 11 is 3.48. The van der Waals surface area contributed by atoms with E-state index >= 15 is 0 Å². The maximum atomic E-state index is 6.00. The highest BCUT2D eigenvalue weighted by molar-refractivity contribution is 9.10. The molecular weight excluding hydrogens is 308 g/mol. The van der Waals surface area contributed by atoms with Crippen molar-refractivity contribution in [2.45, 2.75) is 46.8 Å². The smallest absolute Gasteiger partial charge is 0.153 e. The van der Waals surface area contributed by atoms with Gasteiger partial charge in [0.15, 0.2) is 4.60 Å². The fourth-order valence-corrected chi connectivity index (χ4v) is 2.84. The van der Waals surface area contributed by atoms with Crippen LogP contribution in [0.2, 0.25) is 0 Å². The Bertz CT molecular complexity index is 380. The number of likely N-dealkylation sites (N-methyl/N-ethyl adjacent to an activating group) is 1. The molecule has 2 unspecified atom stereocenters. The third-order valence-electron chi connectivity index (χ3n) is 3.05. The van der Waals surface area contributed by atoms with Gasteiger partial charge >= 0.3 is 0 Å². The Kier molecular flexibility index (Phi) is 5.95. The molecular formula is C13H25BrN4O. The van der Waals surface area contributed by atoms with E-state index in [-0.39, 0.29) is 17.6 Å². The standard InChI is InChI=1S/C13H25BrN4O/c1-7-15-9(10-12(14)16-17-18(10)6)11(19-8-2)13(3,4)5/h9,11,15H,7-8H2,1-6H3. The molecule has 1 N–H and O–H groups in total. The van der Waals surface area contributed by atoms with Crippen molar-refractivity contribution in [3.63, 3.8) is 0 Å². The highest BCUT2D eigenvalue weighted by Gasteiger charge is 2.36. The molecule has 0 aromatic carbocycles.